The summed E-state index contributed by atoms with van der Waals surface area (Å²) in [6, 6.07) is 7.19. The number of hydrogen-bond acceptors (Lipinski definition) is 5. The number of carboxylic acids is 1. The molecule has 1 atom stereocenters. The molecule has 1 aromatic rings. The quantitative estimate of drug-likeness (QED) is 0.308. The number of carbonyl (C=O) groups is 2. The zero-order valence-electron chi connectivity index (χ0n) is 15.4. The molecule has 1 saturated carbocycles. The number of ketones is 1. The van der Waals surface area contributed by atoms with Gasteiger partial charge in [0, 0.05) is 17.5 Å². The minimum absolute atomic E-state index is 0. The van der Waals surface area contributed by atoms with E-state index in [0.717, 1.165) is 50.6 Å². The Morgan fingerprint density at radius 2 is 1.96 bits per heavy atom. The van der Waals surface area contributed by atoms with E-state index in [4.69, 9.17) is 10.9 Å². The fraction of sp³-hybridized carbons (Fsp3) is 0.550. The van der Waals surface area contributed by atoms with Gasteiger partial charge in [0.1, 0.15) is 0 Å². The van der Waals surface area contributed by atoms with Crippen LogP contribution in [-0.2, 0) is 4.79 Å². The maximum absolute atomic E-state index is 13.4. The Balaban J connectivity index is 0.00000261. The van der Waals surface area contributed by atoms with E-state index in [1.807, 2.05) is 24.3 Å². The number of nitrogens with two attached hydrogens (primary N) is 1. The SMILES string of the molecule is Cl.NN=Cc1ccccc1C(=O)C1NCCCC12CCC(CC(=O)O)CC2. The maximum Gasteiger partial charge on any atom is 0.303 e. The van der Waals surface area contributed by atoms with Gasteiger partial charge in [-0.15, -0.1) is 12.4 Å². The number of rotatable bonds is 5. The molecule has 0 radical (unpaired) electrons. The molecule has 1 unspecified atom stereocenters. The maximum atomic E-state index is 13.4. The monoisotopic (exact) mass is 393 g/mol. The average Bonchev–Trinajstić information content (AvgIpc) is 2.64. The second-order valence-electron chi connectivity index (χ2n) is 7.62. The number of hydrazone groups is 1. The largest absolute Gasteiger partial charge is 0.481 e. The van der Waals surface area contributed by atoms with Crippen molar-refractivity contribution in [3.63, 3.8) is 0 Å². The van der Waals surface area contributed by atoms with Crippen LogP contribution in [0.25, 0.3) is 0 Å². The van der Waals surface area contributed by atoms with E-state index in [0.29, 0.717) is 5.56 Å². The molecule has 2 fully saturated rings. The molecule has 0 aromatic heterocycles. The number of Topliss-reactive ketones (excluding diaryl/α,β-unsaturated/α-hetero) is 1. The third-order valence-corrected chi connectivity index (χ3v) is 6.08. The molecule has 148 valence electrons. The van der Waals surface area contributed by atoms with Crippen molar-refractivity contribution in [3.8, 4) is 0 Å². The van der Waals surface area contributed by atoms with Crippen LogP contribution in [0.4, 0.5) is 0 Å². The zero-order chi connectivity index (χ0) is 18.6. The molecule has 1 saturated heterocycles. The highest BCUT2D eigenvalue weighted by Crippen LogP contribution is 2.48. The second-order valence-corrected chi connectivity index (χ2v) is 7.62. The lowest BCUT2D eigenvalue weighted by atomic mass is 9.61. The smallest absolute Gasteiger partial charge is 0.303 e. The molecular formula is C20H28ClN3O3. The number of nitrogens with one attached hydrogen (secondary N) is 1. The second kappa shape index (κ2) is 9.33. The predicted octanol–water partition coefficient (Wildman–Crippen LogP) is 2.99. The first-order chi connectivity index (χ1) is 12.6. The lowest BCUT2D eigenvalue weighted by Gasteiger charge is -2.48. The van der Waals surface area contributed by atoms with Gasteiger partial charge in [-0.25, -0.2) is 0 Å². The molecule has 1 aliphatic heterocycles. The van der Waals surface area contributed by atoms with E-state index in [1.54, 1.807) is 0 Å². The summed E-state index contributed by atoms with van der Waals surface area (Å²) in [5.74, 6) is 4.89. The lowest BCUT2D eigenvalue weighted by molar-refractivity contribution is -0.138. The van der Waals surface area contributed by atoms with Crippen LogP contribution in [0, 0.1) is 11.3 Å². The Labute approximate surface area is 166 Å². The topological polar surface area (TPSA) is 105 Å². The van der Waals surface area contributed by atoms with E-state index >= 15 is 0 Å². The van der Waals surface area contributed by atoms with Crippen molar-refractivity contribution in [2.75, 3.05) is 6.54 Å². The van der Waals surface area contributed by atoms with Crippen molar-refractivity contribution in [1.82, 2.24) is 5.32 Å². The van der Waals surface area contributed by atoms with Crippen LogP contribution < -0.4 is 11.2 Å². The molecule has 6 nitrogen and oxygen atoms in total. The molecule has 1 aromatic carbocycles. The minimum atomic E-state index is -0.727. The van der Waals surface area contributed by atoms with Crippen LogP contribution in [0.1, 0.15) is 60.9 Å². The summed E-state index contributed by atoms with van der Waals surface area (Å²) in [5.41, 5.74) is 1.31. The third kappa shape index (κ3) is 4.68. The number of halogens is 1. The summed E-state index contributed by atoms with van der Waals surface area (Å²) in [4.78, 5) is 24.4. The lowest BCUT2D eigenvalue weighted by Crippen LogP contribution is -2.55. The van der Waals surface area contributed by atoms with Crippen molar-refractivity contribution in [2.45, 2.75) is 51.0 Å². The Hall–Kier alpha value is -1.92. The van der Waals surface area contributed by atoms with Crippen molar-refractivity contribution < 1.29 is 14.7 Å². The number of carboxylic acid groups (broad SMARTS) is 1. The molecule has 7 heteroatoms. The van der Waals surface area contributed by atoms with Gasteiger partial charge >= 0.3 is 5.97 Å². The van der Waals surface area contributed by atoms with Gasteiger partial charge in [0.2, 0.25) is 0 Å². The van der Waals surface area contributed by atoms with E-state index in [2.05, 4.69) is 10.4 Å². The summed E-state index contributed by atoms with van der Waals surface area (Å²) in [7, 11) is 0. The van der Waals surface area contributed by atoms with Gasteiger partial charge in [-0.3, -0.25) is 9.59 Å². The Morgan fingerprint density at radius 1 is 1.26 bits per heavy atom. The van der Waals surface area contributed by atoms with Gasteiger partial charge in [0.15, 0.2) is 5.78 Å². The highest BCUT2D eigenvalue weighted by atomic mass is 35.5. The van der Waals surface area contributed by atoms with Crippen LogP contribution >= 0.6 is 12.4 Å². The molecule has 1 aliphatic carbocycles. The van der Waals surface area contributed by atoms with E-state index < -0.39 is 5.97 Å². The number of aliphatic carboxylic acids is 1. The molecule has 3 rings (SSSR count). The Kier molecular flexibility index (Phi) is 7.39. The molecule has 1 spiro atoms. The van der Waals surface area contributed by atoms with Gasteiger partial charge in [0.25, 0.3) is 0 Å². The summed E-state index contributed by atoms with van der Waals surface area (Å²) in [5, 5.41) is 16.1. The van der Waals surface area contributed by atoms with E-state index in [-0.39, 0.29) is 42.0 Å². The van der Waals surface area contributed by atoms with Gasteiger partial charge in [-0.05, 0) is 56.4 Å². The molecule has 1 heterocycles. The Bertz CT molecular complexity index is 699. The molecule has 4 N–H and O–H groups in total. The van der Waals surface area contributed by atoms with Gasteiger partial charge in [-0.2, -0.15) is 5.10 Å². The first-order valence-corrected chi connectivity index (χ1v) is 9.37. The van der Waals surface area contributed by atoms with E-state index in [1.165, 1.54) is 6.21 Å². The fourth-order valence-corrected chi connectivity index (χ4v) is 4.73. The summed E-state index contributed by atoms with van der Waals surface area (Å²) in [6.45, 7) is 0.837. The van der Waals surface area contributed by atoms with E-state index in [9.17, 15) is 9.59 Å². The van der Waals surface area contributed by atoms with Crippen molar-refractivity contribution in [2.24, 2.45) is 22.3 Å². The number of hydrogen-bond donors (Lipinski definition) is 3. The van der Waals surface area contributed by atoms with Gasteiger partial charge in [0.05, 0.1) is 12.3 Å². The molecule has 2 aliphatic rings. The summed E-state index contributed by atoms with van der Waals surface area (Å²) >= 11 is 0. The average molecular weight is 394 g/mol. The number of piperidine rings is 1. The number of nitrogens with zero attached hydrogens (tertiary/aromatic N) is 1. The molecule has 0 bridgehead atoms. The molecular weight excluding hydrogens is 366 g/mol. The first-order valence-electron chi connectivity index (χ1n) is 9.37. The van der Waals surface area contributed by atoms with Gasteiger partial charge in [-0.1, -0.05) is 24.3 Å². The molecule has 27 heavy (non-hydrogen) atoms. The normalized spacial score (nSPS) is 28.0. The highest BCUT2D eigenvalue weighted by Gasteiger charge is 2.46. The number of benzene rings is 1. The van der Waals surface area contributed by atoms with Crippen LogP contribution in [0.3, 0.4) is 0 Å². The molecule has 0 amide bonds. The van der Waals surface area contributed by atoms with Crippen LogP contribution in [0.15, 0.2) is 29.4 Å². The fourth-order valence-electron chi connectivity index (χ4n) is 4.73. The first kappa shape index (κ1) is 21.4. The predicted molar refractivity (Wildman–Crippen MR) is 107 cm³/mol. The highest BCUT2D eigenvalue weighted by molar-refractivity contribution is 6.06. The standard InChI is InChI=1S/C20H27N3O3.ClH/c21-23-13-15-4-1-2-5-16(15)18(26)19-20(8-3-11-22-19)9-6-14(7-10-20)12-17(24)25;/h1-2,4-5,13-14,19,22H,3,6-12,21H2,(H,24,25);1H. The third-order valence-electron chi connectivity index (χ3n) is 6.08. The van der Waals surface area contributed by atoms with Crippen LogP contribution in [0.2, 0.25) is 0 Å². The van der Waals surface area contributed by atoms with Crippen molar-refractivity contribution in [3.05, 3.63) is 35.4 Å². The summed E-state index contributed by atoms with van der Waals surface area (Å²) in [6.07, 6.45) is 7.39. The number of carbonyl (C=O) groups excluding carboxylic acids is 1. The zero-order valence-corrected chi connectivity index (χ0v) is 16.2. The van der Waals surface area contributed by atoms with Crippen molar-refractivity contribution >= 4 is 30.4 Å². The minimum Gasteiger partial charge on any atom is -0.481 e. The van der Waals surface area contributed by atoms with Crippen molar-refractivity contribution in [1.29, 1.82) is 0 Å². The summed E-state index contributed by atoms with van der Waals surface area (Å²) < 4.78 is 0. The van der Waals surface area contributed by atoms with Gasteiger partial charge < -0.3 is 16.3 Å². The van der Waals surface area contributed by atoms with Crippen LogP contribution in [-0.4, -0.2) is 35.7 Å². The van der Waals surface area contributed by atoms with Crippen LogP contribution in [0.5, 0.6) is 0 Å². The Morgan fingerprint density at radius 3 is 2.63 bits per heavy atom.